The largest absolute Gasteiger partial charge is 0.748 e. The lowest BCUT2D eigenvalue weighted by Crippen LogP contribution is -2.28. The summed E-state index contributed by atoms with van der Waals surface area (Å²) in [5.41, 5.74) is 5.00. The highest BCUT2D eigenvalue weighted by molar-refractivity contribution is 8.03. The van der Waals surface area contributed by atoms with Crippen molar-refractivity contribution in [1.29, 1.82) is 0 Å². The minimum atomic E-state index is -4.55. The van der Waals surface area contributed by atoms with Crippen LogP contribution in [0.2, 0.25) is 0 Å². The Morgan fingerprint density at radius 2 is 1.39 bits per heavy atom. The topological polar surface area (TPSA) is 264 Å². The van der Waals surface area contributed by atoms with Crippen molar-refractivity contribution in [3.8, 4) is 0 Å². The van der Waals surface area contributed by atoms with Gasteiger partial charge in [-0.05, 0) is 123 Å². The molecule has 0 saturated heterocycles. The lowest BCUT2D eigenvalue weighted by atomic mass is 9.81. The molecule has 67 heavy (non-hydrogen) atoms. The Kier molecular flexibility index (Phi) is 15.4. The van der Waals surface area contributed by atoms with Gasteiger partial charge in [0.1, 0.15) is 6.54 Å². The van der Waals surface area contributed by atoms with Gasteiger partial charge in [-0.2, -0.15) is 29.8 Å². The quantitative estimate of drug-likeness (QED) is 0.0512. The highest BCUT2D eigenvalue weighted by atomic mass is 32.2. The van der Waals surface area contributed by atoms with E-state index in [9.17, 15) is 61.8 Å². The normalized spacial score (nSPS) is 18.7. The maximum atomic E-state index is 12.2. The fourth-order valence-electron chi connectivity index (χ4n) is 8.89. The first-order valence-electron chi connectivity index (χ1n) is 21.4. The highest BCUT2D eigenvalue weighted by Gasteiger charge is 2.45. The van der Waals surface area contributed by atoms with Crippen LogP contribution in [0.25, 0.3) is 0 Å². The minimum absolute atomic E-state index is 0.102. The molecule has 362 valence electrons. The number of unbranched alkanes of at least 4 members (excludes halogenated alkanes) is 2. The number of rotatable bonds is 19. The number of benzene rings is 3. The summed E-state index contributed by atoms with van der Waals surface area (Å²) in [5, 5.41) is 9.39. The molecule has 3 aliphatic rings. The lowest BCUT2D eigenvalue weighted by Gasteiger charge is -2.27. The van der Waals surface area contributed by atoms with Crippen LogP contribution in [0.4, 0.5) is 11.4 Å². The van der Waals surface area contributed by atoms with Gasteiger partial charge in [-0.25, -0.2) is 8.42 Å². The molecular formula is C46H54N2O14S5. The van der Waals surface area contributed by atoms with Gasteiger partial charge >= 0.3 is 5.97 Å². The van der Waals surface area contributed by atoms with Crippen LogP contribution in [0.5, 0.6) is 0 Å². The van der Waals surface area contributed by atoms with Crippen LogP contribution in [0.3, 0.4) is 0 Å². The predicted octanol–water partition coefficient (Wildman–Crippen LogP) is 7.57. The van der Waals surface area contributed by atoms with Crippen LogP contribution >= 0.6 is 11.8 Å². The van der Waals surface area contributed by atoms with Gasteiger partial charge in [0.15, 0.2) is 5.71 Å². The molecule has 0 bridgehead atoms. The van der Waals surface area contributed by atoms with E-state index in [1.807, 2.05) is 73.6 Å². The Morgan fingerprint density at radius 1 is 0.761 bits per heavy atom. The second-order valence-corrected chi connectivity index (χ2v) is 24.8. The third-order valence-corrected chi connectivity index (χ3v) is 16.8. The van der Waals surface area contributed by atoms with Crippen LogP contribution in [-0.2, 0) is 62.5 Å². The first kappa shape index (κ1) is 51.9. The van der Waals surface area contributed by atoms with Gasteiger partial charge in [-0.1, -0.05) is 49.9 Å². The number of anilines is 1. The summed E-state index contributed by atoms with van der Waals surface area (Å²) >= 11 is 1.49. The Morgan fingerprint density at radius 3 is 2.00 bits per heavy atom. The van der Waals surface area contributed by atoms with Crippen LogP contribution in [0.1, 0.15) is 89.3 Å². The van der Waals surface area contributed by atoms with Crippen molar-refractivity contribution >= 4 is 75.3 Å². The maximum absolute atomic E-state index is 12.2. The molecule has 2 heterocycles. The summed E-state index contributed by atoms with van der Waals surface area (Å²) in [6, 6.07) is 15.9. The first-order chi connectivity index (χ1) is 31.1. The first-order valence-corrected chi connectivity index (χ1v) is 28.3. The summed E-state index contributed by atoms with van der Waals surface area (Å²) in [7, 11) is -17.7. The third kappa shape index (κ3) is 12.6. The fourth-order valence-corrected chi connectivity index (χ4v) is 12.1. The zero-order valence-electron chi connectivity index (χ0n) is 37.4. The van der Waals surface area contributed by atoms with E-state index in [0.29, 0.717) is 66.8 Å². The van der Waals surface area contributed by atoms with Gasteiger partial charge in [0.25, 0.3) is 30.4 Å². The van der Waals surface area contributed by atoms with Crippen molar-refractivity contribution in [2.45, 2.75) is 105 Å². The average molecular weight is 1020 g/mol. The van der Waals surface area contributed by atoms with Gasteiger partial charge in [0.2, 0.25) is 5.69 Å². The molecule has 6 rings (SSSR count). The van der Waals surface area contributed by atoms with Crippen molar-refractivity contribution in [2.75, 3.05) is 29.5 Å². The molecule has 1 aliphatic carbocycles. The van der Waals surface area contributed by atoms with Gasteiger partial charge in [-0.15, -0.1) is 0 Å². The lowest BCUT2D eigenvalue weighted by molar-refractivity contribution is -0.438. The zero-order valence-corrected chi connectivity index (χ0v) is 41.5. The third-order valence-electron chi connectivity index (χ3n) is 12.2. The smallest absolute Gasteiger partial charge is 0.307 e. The number of carbonyl (C=O) groups is 1. The summed E-state index contributed by atoms with van der Waals surface area (Å²) in [4.78, 5) is 14.6. The van der Waals surface area contributed by atoms with E-state index >= 15 is 0 Å². The number of fused-ring (bicyclic) bond motifs is 2. The molecule has 0 radical (unpaired) electrons. The summed E-state index contributed by atoms with van der Waals surface area (Å²) < 4.78 is 138. The molecule has 3 aromatic carbocycles. The molecule has 0 unspecified atom stereocenters. The van der Waals surface area contributed by atoms with Crippen LogP contribution in [0.15, 0.2) is 121 Å². The van der Waals surface area contributed by atoms with E-state index in [1.165, 1.54) is 36.0 Å². The molecule has 16 nitrogen and oxygen atoms in total. The van der Waals surface area contributed by atoms with E-state index in [1.54, 1.807) is 24.3 Å². The second-order valence-electron chi connectivity index (χ2n) is 17.8. The van der Waals surface area contributed by atoms with E-state index < -0.39 is 68.8 Å². The van der Waals surface area contributed by atoms with Gasteiger partial charge in [0, 0.05) is 63.0 Å². The summed E-state index contributed by atoms with van der Waals surface area (Å²) in [5.74, 6) is -1.94. The summed E-state index contributed by atoms with van der Waals surface area (Å²) in [6.45, 7) is 8.30. The van der Waals surface area contributed by atoms with Crippen molar-refractivity contribution in [2.24, 2.45) is 0 Å². The predicted molar refractivity (Wildman–Crippen MR) is 255 cm³/mol. The van der Waals surface area contributed by atoms with Gasteiger partial charge < -0.3 is 14.6 Å². The number of hydrogen-bond donors (Lipinski definition) is 4. The Hall–Kier alpha value is -4.45. The molecule has 4 N–H and O–H groups in total. The molecule has 2 aliphatic heterocycles. The monoisotopic (exact) mass is 1020 g/mol. The molecule has 0 atom stereocenters. The molecule has 0 spiro atoms. The number of carboxylic acid groups (broad SMARTS) is 1. The van der Waals surface area contributed by atoms with Crippen molar-refractivity contribution in [3.05, 3.63) is 123 Å². The van der Waals surface area contributed by atoms with Crippen LogP contribution in [-0.4, -0.2) is 97.8 Å². The van der Waals surface area contributed by atoms with E-state index in [2.05, 4.69) is 0 Å². The molecular weight excluding hydrogens is 965 g/mol. The number of allylic oxidation sites excluding steroid dienone is 7. The average Bonchev–Trinajstić information content (AvgIpc) is 3.56. The highest BCUT2D eigenvalue weighted by Crippen LogP contribution is 2.50. The number of thioether (sulfide) groups is 1. The molecule has 0 saturated carbocycles. The Labute approximate surface area is 396 Å². The molecule has 0 amide bonds. The standard InChI is InChI=1S/C46H54N2O14S5/c1-45(2)37-29-35(66(57,58)59)18-20-39(37)47(24-5-7-26-64(51,52)53)41(45)22-14-32-10-9-11-33(44(32)63-34-16-12-31(13-17-34)28-43(49)50)15-23-42-46(3,4)38-30-36(67(60,61)62)19-21-40(38)48(42)25-6-8-27-65(54,55)56/h12-23,29-30H,5-11,24-28H2,1-4H3,(H4-,49,50,51,52,53,54,55,56,57,58,59,60,61,62). The van der Waals surface area contributed by atoms with Crippen LogP contribution in [0, 0.1) is 0 Å². The molecule has 0 aromatic heterocycles. The SMILES string of the molecule is CC1(C)C(=CC=C2CCCC(C=CC3=[N+](CCCCS(=O)(=O)O)c4ccc(S(=O)(=O)O)cc4C3(C)C)=C2Sc2ccc(CC(=O)O)cc2)N(CCCCS(=O)(=O)[O-])c2ccc(S(=O)(=O)O)cc21. The fraction of sp³-hybridized carbons (Fsp3) is 0.391. The number of hydrogen-bond acceptors (Lipinski definition) is 12. The molecule has 3 aromatic rings. The van der Waals surface area contributed by atoms with Crippen molar-refractivity contribution in [3.63, 3.8) is 0 Å². The number of aliphatic carboxylic acids is 1. The minimum Gasteiger partial charge on any atom is -0.748 e. The van der Waals surface area contributed by atoms with E-state index in [-0.39, 0.29) is 29.1 Å². The number of nitrogens with zero attached hydrogens (tertiary/aromatic N) is 2. The number of carboxylic acids is 1. The van der Waals surface area contributed by atoms with E-state index in [0.717, 1.165) is 38.8 Å². The second kappa shape index (κ2) is 19.9. The maximum Gasteiger partial charge on any atom is 0.307 e. The molecule has 0 fully saturated rings. The van der Waals surface area contributed by atoms with Gasteiger partial charge in [0.05, 0.1) is 37.5 Å². The van der Waals surface area contributed by atoms with Crippen molar-refractivity contribution in [1.82, 2.24) is 0 Å². The van der Waals surface area contributed by atoms with Gasteiger partial charge in [-0.3, -0.25) is 18.5 Å². The van der Waals surface area contributed by atoms with Crippen molar-refractivity contribution < 1.29 is 66.4 Å². The van der Waals surface area contributed by atoms with Crippen LogP contribution < -0.4 is 4.90 Å². The molecule has 21 heteroatoms. The zero-order chi connectivity index (χ0) is 49.3. The Bertz CT molecular complexity index is 3080. The van der Waals surface area contributed by atoms with E-state index in [4.69, 9.17) is 0 Å². The summed E-state index contributed by atoms with van der Waals surface area (Å²) in [6.07, 6.45) is 10.7. The Balaban J connectivity index is 1.48.